The van der Waals surface area contributed by atoms with Crippen LogP contribution in [0.25, 0.3) is 0 Å². The number of nitrogens with one attached hydrogen (secondary N) is 2. The molecule has 0 bridgehead atoms. The van der Waals surface area contributed by atoms with Gasteiger partial charge in [-0.15, -0.1) is 0 Å². The Balaban J connectivity index is 2.07. The first-order chi connectivity index (χ1) is 12.5. The van der Waals surface area contributed by atoms with Gasteiger partial charge >= 0.3 is 5.97 Å². The molecule has 1 atom stereocenters. The van der Waals surface area contributed by atoms with Crippen LogP contribution >= 0.6 is 12.2 Å². The van der Waals surface area contributed by atoms with Gasteiger partial charge in [0.2, 0.25) is 0 Å². The molecule has 0 aromatic heterocycles. The molecular weight excluding hydrogens is 344 g/mol. The summed E-state index contributed by atoms with van der Waals surface area (Å²) in [5.41, 5.74) is 4.83. The first-order valence-corrected chi connectivity index (χ1v) is 9.27. The van der Waals surface area contributed by atoms with Crippen LogP contribution in [0.1, 0.15) is 53.4 Å². The van der Waals surface area contributed by atoms with Crippen molar-refractivity contribution in [2.45, 2.75) is 40.2 Å². The van der Waals surface area contributed by atoms with Gasteiger partial charge in [0.05, 0.1) is 18.2 Å². The van der Waals surface area contributed by atoms with Crippen molar-refractivity contribution in [1.82, 2.24) is 5.32 Å². The summed E-state index contributed by atoms with van der Waals surface area (Å²) in [6.45, 7) is 8.33. The maximum absolute atomic E-state index is 11.8. The number of anilines is 1. The lowest BCUT2D eigenvalue weighted by Gasteiger charge is -2.22. The van der Waals surface area contributed by atoms with Crippen molar-refractivity contribution >= 4 is 29.0 Å². The third kappa shape index (κ3) is 5.05. The van der Waals surface area contributed by atoms with E-state index < -0.39 is 0 Å². The fourth-order valence-corrected chi connectivity index (χ4v) is 3.09. The van der Waals surface area contributed by atoms with Crippen molar-refractivity contribution in [2.75, 3.05) is 11.9 Å². The topological polar surface area (TPSA) is 50.4 Å². The molecule has 2 rings (SSSR count). The molecule has 1 unspecified atom stereocenters. The number of ether oxygens (including phenoxy) is 1. The minimum Gasteiger partial charge on any atom is -0.462 e. The molecule has 0 spiro atoms. The number of thiocarbonyl (C=S) groups is 1. The van der Waals surface area contributed by atoms with Crippen molar-refractivity contribution in [3.05, 3.63) is 64.7 Å². The largest absolute Gasteiger partial charge is 0.462 e. The zero-order valence-electron chi connectivity index (χ0n) is 15.8. The third-order valence-corrected chi connectivity index (χ3v) is 4.48. The second-order valence-corrected chi connectivity index (χ2v) is 6.57. The van der Waals surface area contributed by atoms with Gasteiger partial charge in [0, 0.05) is 5.69 Å². The van der Waals surface area contributed by atoms with Crippen molar-refractivity contribution in [3.8, 4) is 0 Å². The molecular formula is C21H26N2O2S. The Bertz CT molecular complexity index is 789. The number of hydrogen-bond acceptors (Lipinski definition) is 3. The second-order valence-electron chi connectivity index (χ2n) is 6.17. The molecule has 26 heavy (non-hydrogen) atoms. The minimum atomic E-state index is -0.312. The average Bonchev–Trinajstić information content (AvgIpc) is 2.62. The van der Waals surface area contributed by atoms with Crippen LogP contribution in [0.15, 0.2) is 42.5 Å². The van der Waals surface area contributed by atoms with E-state index in [1.165, 1.54) is 11.1 Å². The molecule has 2 aromatic carbocycles. The van der Waals surface area contributed by atoms with Crippen LogP contribution < -0.4 is 10.6 Å². The van der Waals surface area contributed by atoms with Crippen molar-refractivity contribution in [1.29, 1.82) is 0 Å². The van der Waals surface area contributed by atoms with Gasteiger partial charge < -0.3 is 15.4 Å². The van der Waals surface area contributed by atoms with Crippen molar-refractivity contribution in [3.63, 3.8) is 0 Å². The number of aryl methyl sites for hydroxylation is 2. The van der Waals surface area contributed by atoms with Gasteiger partial charge in [-0.05, 0) is 74.3 Å². The Hall–Kier alpha value is -2.40. The van der Waals surface area contributed by atoms with E-state index in [1.807, 2.05) is 31.2 Å². The van der Waals surface area contributed by atoms with E-state index in [9.17, 15) is 4.79 Å². The monoisotopic (exact) mass is 370 g/mol. The van der Waals surface area contributed by atoms with E-state index in [-0.39, 0.29) is 12.0 Å². The summed E-state index contributed by atoms with van der Waals surface area (Å²) in [6, 6.07) is 13.9. The van der Waals surface area contributed by atoms with Gasteiger partial charge in [0.25, 0.3) is 0 Å². The van der Waals surface area contributed by atoms with Gasteiger partial charge in [-0.25, -0.2) is 4.79 Å². The minimum absolute atomic E-state index is 0.148. The summed E-state index contributed by atoms with van der Waals surface area (Å²) >= 11 is 5.49. The molecule has 0 radical (unpaired) electrons. The smallest absolute Gasteiger partial charge is 0.338 e. The molecule has 5 heteroatoms. The van der Waals surface area contributed by atoms with Crippen LogP contribution in [0.3, 0.4) is 0 Å². The Morgan fingerprint density at radius 1 is 1.12 bits per heavy atom. The molecule has 2 N–H and O–H groups in total. The van der Waals surface area contributed by atoms with Gasteiger partial charge in [-0.2, -0.15) is 0 Å². The molecule has 0 aliphatic carbocycles. The van der Waals surface area contributed by atoms with Crippen molar-refractivity contribution < 1.29 is 9.53 Å². The summed E-state index contributed by atoms with van der Waals surface area (Å²) in [6.07, 6.45) is 0.924. The maximum atomic E-state index is 11.8. The van der Waals surface area contributed by atoms with E-state index >= 15 is 0 Å². The molecule has 0 aliphatic heterocycles. The van der Waals surface area contributed by atoms with Gasteiger partial charge in [-0.1, -0.05) is 31.2 Å². The molecule has 0 saturated carbocycles. The predicted molar refractivity (Wildman–Crippen MR) is 111 cm³/mol. The molecule has 0 aliphatic rings. The molecule has 0 heterocycles. The van der Waals surface area contributed by atoms with Crippen LogP contribution in [0, 0.1) is 13.8 Å². The van der Waals surface area contributed by atoms with Gasteiger partial charge in [0.1, 0.15) is 0 Å². The highest BCUT2D eigenvalue weighted by molar-refractivity contribution is 7.80. The molecule has 0 fully saturated rings. The van der Waals surface area contributed by atoms with E-state index in [0.29, 0.717) is 17.3 Å². The number of benzene rings is 2. The quantitative estimate of drug-likeness (QED) is 0.558. The van der Waals surface area contributed by atoms with Crippen LogP contribution in [0.2, 0.25) is 0 Å². The van der Waals surface area contributed by atoms with E-state index in [4.69, 9.17) is 17.0 Å². The zero-order valence-corrected chi connectivity index (χ0v) is 16.6. The highest BCUT2D eigenvalue weighted by Crippen LogP contribution is 2.21. The third-order valence-electron chi connectivity index (χ3n) is 4.26. The summed E-state index contributed by atoms with van der Waals surface area (Å²) in [5.74, 6) is -0.312. The second kappa shape index (κ2) is 9.34. The lowest BCUT2D eigenvalue weighted by atomic mass is 9.99. The number of carbonyl (C=O) groups excluding carboxylic acids is 1. The fourth-order valence-electron chi connectivity index (χ4n) is 2.84. The standard InChI is InChI=1S/C21H26N2O2S/c1-5-18(17-10-8-7-9-14(17)3)22-21(26)23-19-12-11-16(13-15(19)4)20(24)25-6-2/h7-13,18H,5-6H2,1-4H3,(H2,22,23,26). The maximum Gasteiger partial charge on any atom is 0.338 e. The number of rotatable bonds is 6. The van der Waals surface area contributed by atoms with Crippen molar-refractivity contribution in [2.24, 2.45) is 0 Å². The Morgan fingerprint density at radius 3 is 2.46 bits per heavy atom. The highest BCUT2D eigenvalue weighted by Gasteiger charge is 2.14. The Labute approximate surface area is 161 Å². The number of carbonyl (C=O) groups is 1. The summed E-state index contributed by atoms with van der Waals surface area (Å²) in [5, 5.41) is 7.18. The Kier molecular flexibility index (Phi) is 7.16. The van der Waals surface area contributed by atoms with E-state index in [1.54, 1.807) is 13.0 Å². The highest BCUT2D eigenvalue weighted by atomic mass is 32.1. The van der Waals surface area contributed by atoms with Crippen LogP contribution in [-0.4, -0.2) is 17.7 Å². The average molecular weight is 371 g/mol. The van der Waals surface area contributed by atoms with Crippen LogP contribution in [0.4, 0.5) is 5.69 Å². The lowest BCUT2D eigenvalue weighted by Crippen LogP contribution is -2.32. The molecule has 0 saturated heterocycles. The lowest BCUT2D eigenvalue weighted by molar-refractivity contribution is 0.0526. The molecule has 2 aromatic rings. The predicted octanol–water partition coefficient (Wildman–Crippen LogP) is 4.92. The van der Waals surface area contributed by atoms with Crippen LogP contribution in [0.5, 0.6) is 0 Å². The first-order valence-electron chi connectivity index (χ1n) is 8.87. The molecule has 0 amide bonds. The normalized spacial score (nSPS) is 11.5. The molecule has 138 valence electrons. The molecule has 4 nitrogen and oxygen atoms in total. The van der Waals surface area contributed by atoms with E-state index in [2.05, 4.69) is 36.6 Å². The Morgan fingerprint density at radius 2 is 1.85 bits per heavy atom. The number of esters is 1. The SMILES string of the molecule is CCOC(=O)c1ccc(NC(=S)NC(CC)c2ccccc2C)c(C)c1. The van der Waals surface area contributed by atoms with Crippen LogP contribution in [-0.2, 0) is 4.74 Å². The van der Waals surface area contributed by atoms with Gasteiger partial charge in [0.15, 0.2) is 5.11 Å². The number of hydrogen-bond donors (Lipinski definition) is 2. The summed E-state index contributed by atoms with van der Waals surface area (Å²) in [4.78, 5) is 11.8. The zero-order chi connectivity index (χ0) is 19.1. The summed E-state index contributed by atoms with van der Waals surface area (Å²) < 4.78 is 5.03. The van der Waals surface area contributed by atoms with Gasteiger partial charge in [-0.3, -0.25) is 0 Å². The summed E-state index contributed by atoms with van der Waals surface area (Å²) in [7, 11) is 0. The fraction of sp³-hybridized carbons (Fsp3) is 0.333. The first kappa shape index (κ1) is 19.9. The van der Waals surface area contributed by atoms with E-state index in [0.717, 1.165) is 17.7 Å².